The number of carbonyl (C=O) groups is 1. The third-order valence-corrected chi connectivity index (χ3v) is 6.08. The maximum absolute atomic E-state index is 12.4. The third-order valence-electron chi connectivity index (χ3n) is 4.26. The van der Waals surface area contributed by atoms with Crippen LogP contribution >= 0.6 is 0 Å². The van der Waals surface area contributed by atoms with Crippen molar-refractivity contribution >= 4 is 21.6 Å². The molecule has 150 valence electrons. The van der Waals surface area contributed by atoms with Crippen molar-refractivity contribution in [2.75, 3.05) is 19.4 Å². The minimum Gasteiger partial charge on any atom is -0.489 e. The highest BCUT2D eigenvalue weighted by Crippen LogP contribution is 2.18. The minimum atomic E-state index is -3.50. The average Bonchev–Trinajstić information content (AvgIpc) is 2.73. The second-order valence-corrected chi connectivity index (χ2v) is 8.72. The first-order chi connectivity index (χ1) is 13.9. The molecule has 6 nitrogen and oxygen atoms in total. The summed E-state index contributed by atoms with van der Waals surface area (Å²) in [4.78, 5) is 12.6. The van der Waals surface area contributed by atoms with E-state index in [0.717, 1.165) is 15.6 Å². The molecule has 3 aromatic rings. The van der Waals surface area contributed by atoms with Gasteiger partial charge in [-0.3, -0.25) is 4.79 Å². The minimum absolute atomic E-state index is 0.170. The van der Waals surface area contributed by atoms with E-state index in [0.29, 0.717) is 17.9 Å². The molecule has 0 radical (unpaired) electrons. The number of carbonyl (C=O) groups excluding carboxylic acids is 1. The molecule has 0 saturated carbocycles. The molecule has 0 aliphatic carbocycles. The molecule has 1 amide bonds. The fourth-order valence-electron chi connectivity index (χ4n) is 2.56. The lowest BCUT2D eigenvalue weighted by molar-refractivity contribution is 0.102. The fourth-order valence-corrected chi connectivity index (χ4v) is 3.46. The van der Waals surface area contributed by atoms with Crippen LogP contribution in [0.3, 0.4) is 0 Å². The molecule has 0 saturated heterocycles. The summed E-state index contributed by atoms with van der Waals surface area (Å²) in [6.07, 6.45) is 0. The summed E-state index contributed by atoms with van der Waals surface area (Å²) in [5.41, 5.74) is 1.96. The van der Waals surface area contributed by atoms with E-state index >= 15 is 0 Å². The SMILES string of the molecule is CN(C)S(=O)(=O)c1ccc(NC(=O)c2ccc(COc3ccccc3)cc2)cc1. The van der Waals surface area contributed by atoms with E-state index in [4.69, 9.17) is 4.74 Å². The Kier molecular flexibility index (Phi) is 6.31. The Labute approximate surface area is 170 Å². The zero-order valence-electron chi connectivity index (χ0n) is 16.2. The van der Waals surface area contributed by atoms with Gasteiger partial charge in [0, 0.05) is 25.3 Å². The van der Waals surface area contributed by atoms with Crippen LogP contribution in [0.2, 0.25) is 0 Å². The molecule has 3 rings (SSSR count). The van der Waals surface area contributed by atoms with Crippen LogP contribution in [-0.4, -0.2) is 32.7 Å². The van der Waals surface area contributed by atoms with Crippen LogP contribution in [0, 0.1) is 0 Å². The van der Waals surface area contributed by atoms with Gasteiger partial charge in [-0.2, -0.15) is 0 Å². The molecule has 0 fully saturated rings. The third kappa shape index (κ3) is 5.22. The number of anilines is 1. The Hall–Kier alpha value is -3.16. The second kappa shape index (κ2) is 8.89. The number of para-hydroxylation sites is 1. The number of hydrogen-bond acceptors (Lipinski definition) is 4. The maximum atomic E-state index is 12.4. The Bertz CT molecular complexity index is 1060. The molecular weight excluding hydrogens is 388 g/mol. The quantitative estimate of drug-likeness (QED) is 0.643. The summed E-state index contributed by atoms with van der Waals surface area (Å²) < 4.78 is 31.0. The number of amides is 1. The van der Waals surface area contributed by atoms with Crippen LogP contribution in [0.4, 0.5) is 5.69 Å². The predicted molar refractivity (Wildman–Crippen MR) is 112 cm³/mol. The maximum Gasteiger partial charge on any atom is 0.255 e. The Balaban J connectivity index is 1.60. The Morgan fingerprint density at radius 3 is 2.10 bits per heavy atom. The van der Waals surface area contributed by atoms with Crippen molar-refractivity contribution < 1.29 is 17.9 Å². The molecule has 0 heterocycles. The number of benzene rings is 3. The number of nitrogens with zero attached hydrogens (tertiary/aromatic N) is 1. The normalized spacial score (nSPS) is 11.3. The van der Waals surface area contributed by atoms with Gasteiger partial charge >= 0.3 is 0 Å². The number of nitrogens with one attached hydrogen (secondary N) is 1. The van der Waals surface area contributed by atoms with Gasteiger partial charge in [0.1, 0.15) is 12.4 Å². The van der Waals surface area contributed by atoms with Crippen LogP contribution in [-0.2, 0) is 16.6 Å². The van der Waals surface area contributed by atoms with Crippen molar-refractivity contribution in [3.8, 4) is 5.75 Å². The second-order valence-electron chi connectivity index (χ2n) is 6.56. The monoisotopic (exact) mass is 410 g/mol. The molecule has 3 aromatic carbocycles. The van der Waals surface area contributed by atoms with E-state index in [9.17, 15) is 13.2 Å². The molecule has 7 heteroatoms. The number of sulfonamides is 1. The summed E-state index contributed by atoms with van der Waals surface area (Å²) in [5.74, 6) is 0.512. The van der Waals surface area contributed by atoms with Crippen LogP contribution in [0.15, 0.2) is 83.8 Å². The lowest BCUT2D eigenvalue weighted by Gasteiger charge is -2.12. The number of hydrogen-bond donors (Lipinski definition) is 1. The fraction of sp³-hybridized carbons (Fsp3) is 0.136. The van der Waals surface area contributed by atoms with Crippen LogP contribution in [0.25, 0.3) is 0 Å². The smallest absolute Gasteiger partial charge is 0.255 e. The highest BCUT2D eigenvalue weighted by molar-refractivity contribution is 7.89. The van der Waals surface area contributed by atoms with Gasteiger partial charge < -0.3 is 10.1 Å². The first-order valence-electron chi connectivity index (χ1n) is 8.97. The van der Waals surface area contributed by atoms with Gasteiger partial charge in [0.2, 0.25) is 10.0 Å². The molecule has 0 spiro atoms. The Morgan fingerprint density at radius 2 is 1.52 bits per heavy atom. The van der Waals surface area contributed by atoms with Gasteiger partial charge in [-0.05, 0) is 54.1 Å². The van der Waals surface area contributed by atoms with Gasteiger partial charge in [0.05, 0.1) is 4.90 Å². The zero-order chi connectivity index (χ0) is 20.9. The van der Waals surface area contributed by atoms with Gasteiger partial charge in [-0.15, -0.1) is 0 Å². The van der Waals surface area contributed by atoms with Crippen LogP contribution < -0.4 is 10.1 Å². The van der Waals surface area contributed by atoms with E-state index in [1.165, 1.54) is 26.2 Å². The highest BCUT2D eigenvalue weighted by Gasteiger charge is 2.16. The van der Waals surface area contributed by atoms with Crippen molar-refractivity contribution in [1.82, 2.24) is 4.31 Å². The molecule has 0 atom stereocenters. The zero-order valence-corrected chi connectivity index (χ0v) is 17.0. The number of rotatable bonds is 7. The first-order valence-corrected chi connectivity index (χ1v) is 10.4. The number of ether oxygens (including phenoxy) is 1. The first kappa shape index (κ1) is 20.6. The summed E-state index contributed by atoms with van der Waals surface area (Å²) in [6, 6.07) is 22.7. The summed E-state index contributed by atoms with van der Waals surface area (Å²) in [7, 11) is -0.552. The summed E-state index contributed by atoms with van der Waals surface area (Å²) in [5, 5.41) is 2.76. The lowest BCUT2D eigenvalue weighted by Crippen LogP contribution is -2.22. The van der Waals surface area contributed by atoms with Crippen molar-refractivity contribution in [2.24, 2.45) is 0 Å². The lowest BCUT2D eigenvalue weighted by atomic mass is 10.1. The molecule has 0 aliphatic heterocycles. The standard InChI is InChI=1S/C22H22N2O4S/c1-24(2)29(26,27)21-14-12-19(13-15-21)23-22(25)18-10-8-17(9-11-18)16-28-20-6-4-3-5-7-20/h3-15H,16H2,1-2H3,(H,23,25). The van der Waals surface area contributed by atoms with Crippen LogP contribution in [0.1, 0.15) is 15.9 Å². The summed E-state index contributed by atoms with van der Waals surface area (Å²) >= 11 is 0. The van der Waals surface area contributed by atoms with Crippen molar-refractivity contribution in [2.45, 2.75) is 11.5 Å². The molecular formula is C22H22N2O4S. The molecule has 0 aliphatic rings. The van der Waals surface area contributed by atoms with E-state index in [1.807, 2.05) is 42.5 Å². The Morgan fingerprint density at radius 1 is 0.897 bits per heavy atom. The predicted octanol–water partition coefficient (Wildman–Crippen LogP) is 3.77. The summed E-state index contributed by atoms with van der Waals surface area (Å²) in [6.45, 7) is 0.410. The average molecular weight is 410 g/mol. The van der Waals surface area contributed by atoms with Crippen molar-refractivity contribution in [3.63, 3.8) is 0 Å². The van der Waals surface area contributed by atoms with E-state index in [1.54, 1.807) is 24.3 Å². The molecule has 0 bridgehead atoms. The van der Waals surface area contributed by atoms with Gasteiger partial charge in [-0.1, -0.05) is 30.3 Å². The van der Waals surface area contributed by atoms with Crippen LogP contribution in [0.5, 0.6) is 5.75 Å². The van der Waals surface area contributed by atoms with Gasteiger partial charge in [0.25, 0.3) is 5.91 Å². The molecule has 29 heavy (non-hydrogen) atoms. The topological polar surface area (TPSA) is 75.7 Å². The molecule has 1 N–H and O–H groups in total. The van der Waals surface area contributed by atoms with Gasteiger partial charge in [-0.25, -0.2) is 12.7 Å². The van der Waals surface area contributed by atoms with E-state index < -0.39 is 10.0 Å². The van der Waals surface area contributed by atoms with Crippen molar-refractivity contribution in [1.29, 1.82) is 0 Å². The largest absolute Gasteiger partial charge is 0.489 e. The molecule has 0 unspecified atom stereocenters. The van der Waals surface area contributed by atoms with Crippen molar-refractivity contribution in [3.05, 3.63) is 90.0 Å². The molecule has 0 aromatic heterocycles. The van der Waals surface area contributed by atoms with E-state index in [-0.39, 0.29) is 10.8 Å². The van der Waals surface area contributed by atoms with E-state index in [2.05, 4.69) is 5.32 Å². The van der Waals surface area contributed by atoms with Gasteiger partial charge in [0.15, 0.2) is 0 Å². The highest BCUT2D eigenvalue weighted by atomic mass is 32.2.